The summed E-state index contributed by atoms with van der Waals surface area (Å²) in [5, 5.41) is 7.83. The van der Waals surface area contributed by atoms with E-state index >= 15 is 0 Å². The van der Waals surface area contributed by atoms with Gasteiger partial charge in [0.25, 0.3) is 0 Å². The van der Waals surface area contributed by atoms with Crippen molar-refractivity contribution >= 4 is 90.9 Å². The average molecular weight is 776 g/mol. The summed E-state index contributed by atoms with van der Waals surface area (Å²) in [6.07, 6.45) is 0. The molecule has 0 aliphatic heterocycles. The molecule has 0 N–H and O–H groups in total. The van der Waals surface area contributed by atoms with Gasteiger partial charge >= 0.3 is 0 Å². The van der Waals surface area contributed by atoms with Crippen LogP contribution in [0.2, 0.25) is 0 Å². The number of hydrogen-bond donors (Lipinski definition) is 0. The Labute approximate surface area is 345 Å². The van der Waals surface area contributed by atoms with Crippen LogP contribution in [-0.4, -0.2) is 0 Å². The van der Waals surface area contributed by atoms with Gasteiger partial charge in [0, 0.05) is 52.4 Å². The van der Waals surface area contributed by atoms with E-state index in [2.05, 4.69) is 207 Å². The SMILES string of the molecule is CC1(C)c2ccccc2-c2c(-c3ccc(N(c4ccc(-c5ccc6sc7ccccc7c6c5)cc4)c4cccc5c4sc4c6ccccc6ccc54)cc3)cccc21. The van der Waals surface area contributed by atoms with Crippen molar-refractivity contribution in [1.82, 2.24) is 0 Å². The molecule has 2 aromatic heterocycles. The van der Waals surface area contributed by atoms with Crippen molar-refractivity contribution in [2.45, 2.75) is 19.3 Å². The first kappa shape index (κ1) is 33.6. The van der Waals surface area contributed by atoms with Gasteiger partial charge in [-0.05, 0) is 104 Å². The minimum Gasteiger partial charge on any atom is -0.309 e. The Morgan fingerprint density at radius 2 is 1.02 bits per heavy atom. The lowest BCUT2D eigenvalue weighted by atomic mass is 9.82. The number of benzene rings is 9. The van der Waals surface area contributed by atoms with Crippen LogP contribution in [0.25, 0.3) is 84.5 Å². The minimum absolute atomic E-state index is 0.0393. The minimum atomic E-state index is -0.0393. The molecule has 12 rings (SSSR count). The van der Waals surface area contributed by atoms with Gasteiger partial charge in [0.1, 0.15) is 0 Å². The third-order valence-electron chi connectivity index (χ3n) is 12.5. The van der Waals surface area contributed by atoms with Gasteiger partial charge in [-0.2, -0.15) is 0 Å². The lowest BCUT2D eigenvalue weighted by Crippen LogP contribution is -2.14. The summed E-state index contributed by atoms with van der Waals surface area (Å²) in [7, 11) is 0. The molecule has 0 amide bonds. The van der Waals surface area contributed by atoms with E-state index in [0.717, 1.165) is 11.4 Å². The van der Waals surface area contributed by atoms with Gasteiger partial charge in [0.2, 0.25) is 0 Å². The van der Waals surface area contributed by atoms with Gasteiger partial charge in [-0.1, -0.05) is 153 Å². The molecule has 0 spiro atoms. The molecule has 2 heterocycles. The Balaban J connectivity index is 1.01. The summed E-state index contributed by atoms with van der Waals surface area (Å²) < 4.78 is 5.29. The number of rotatable bonds is 5. The van der Waals surface area contributed by atoms with E-state index in [1.165, 1.54) is 101 Å². The van der Waals surface area contributed by atoms with Crippen LogP contribution in [0.5, 0.6) is 0 Å². The number of anilines is 3. The summed E-state index contributed by atoms with van der Waals surface area (Å²) in [5.74, 6) is 0. The molecule has 0 bridgehead atoms. The molecule has 3 heteroatoms. The third kappa shape index (κ3) is 5.00. The average Bonchev–Trinajstić information content (AvgIpc) is 3.92. The summed E-state index contributed by atoms with van der Waals surface area (Å²) in [6, 6.07) is 70.0. The Hall–Kier alpha value is -6.52. The van der Waals surface area contributed by atoms with Crippen molar-refractivity contribution < 1.29 is 0 Å². The standard InChI is InChI=1S/C55H37NS2/c1-55(2)47-17-7-5-14-45(47)52-40(15-9-18-48(52)55)36-23-29-39(30-24-36)56(49-19-10-16-43-44-31-25-35-11-3-4-12-41(35)53(44)58-54(43)49)38-27-21-34(22-28-38)37-26-32-51-46(33-37)42-13-6-8-20-50(42)57-51/h3-33H,1-2H3. The number of nitrogens with zero attached hydrogens (tertiary/aromatic N) is 1. The monoisotopic (exact) mass is 775 g/mol. The maximum Gasteiger partial charge on any atom is 0.0640 e. The van der Waals surface area contributed by atoms with E-state index in [9.17, 15) is 0 Å². The zero-order chi connectivity index (χ0) is 38.5. The molecule has 0 radical (unpaired) electrons. The first-order chi connectivity index (χ1) is 28.5. The van der Waals surface area contributed by atoms with Gasteiger partial charge in [0.05, 0.1) is 10.4 Å². The van der Waals surface area contributed by atoms with Gasteiger partial charge in [0.15, 0.2) is 0 Å². The normalized spacial score (nSPS) is 13.1. The van der Waals surface area contributed by atoms with Crippen LogP contribution in [0.15, 0.2) is 188 Å². The Kier molecular flexibility index (Phi) is 7.38. The quantitative estimate of drug-likeness (QED) is 0.168. The van der Waals surface area contributed by atoms with Crippen molar-refractivity contribution in [2.75, 3.05) is 4.90 Å². The second-order valence-electron chi connectivity index (χ2n) is 16.1. The number of thiophene rings is 2. The van der Waals surface area contributed by atoms with E-state index < -0.39 is 0 Å². The van der Waals surface area contributed by atoms with Crippen molar-refractivity contribution in [2.24, 2.45) is 0 Å². The molecule has 58 heavy (non-hydrogen) atoms. The van der Waals surface area contributed by atoms with Crippen molar-refractivity contribution in [3.8, 4) is 33.4 Å². The van der Waals surface area contributed by atoms with E-state index in [4.69, 9.17) is 0 Å². The molecule has 0 unspecified atom stereocenters. The smallest absolute Gasteiger partial charge is 0.0640 e. The second-order valence-corrected chi connectivity index (χ2v) is 18.2. The van der Waals surface area contributed by atoms with Crippen LogP contribution in [0.1, 0.15) is 25.0 Å². The maximum atomic E-state index is 2.46. The zero-order valence-electron chi connectivity index (χ0n) is 32.2. The summed E-state index contributed by atoms with van der Waals surface area (Å²) >= 11 is 3.77. The molecule has 1 aliphatic rings. The van der Waals surface area contributed by atoms with Gasteiger partial charge in [-0.25, -0.2) is 0 Å². The molecule has 1 aliphatic carbocycles. The molecule has 0 atom stereocenters. The fourth-order valence-electron chi connectivity index (χ4n) is 9.61. The molecule has 0 saturated heterocycles. The van der Waals surface area contributed by atoms with E-state index in [0.29, 0.717) is 0 Å². The predicted octanol–water partition coefficient (Wildman–Crippen LogP) is 16.7. The van der Waals surface area contributed by atoms with Crippen molar-refractivity contribution in [3.05, 3.63) is 199 Å². The van der Waals surface area contributed by atoms with Crippen LogP contribution in [-0.2, 0) is 5.41 Å². The molecule has 0 fully saturated rings. The van der Waals surface area contributed by atoms with Crippen LogP contribution in [0.4, 0.5) is 17.1 Å². The molecule has 11 aromatic rings. The van der Waals surface area contributed by atoms with Gasteiger partial charge < -0.3 is 4.90 Å². The number of hydrogen-bond acceptors (Lipinski definition) is 3. The highest BCUT2D eigenvalue weighted by atomic mass is 32.1. The van der Waals surface area contributed by atoms with Crippen molar-refractivity contribution in [1.29, 1.82) is 0 Å². The maximum absolute atomic E-state index is 2.46. The lowest BCUT2D eigenvalue weighted by Gasteiger charge is -2.26. The highest BCUT2D eigenvalue weighted by Gasteiger charge is 2.36. The van der Waals surface area contributed by atoms with Crippen molar-refractivity contribution in [3.63, 3.8) is 0 Å². The summed E-state index contributed by atoms with van der Waals surface area (Å²) in [4.78, 5) is 2.46. The molecule has 0 saturated carbocycles. The molecule has 1 nitrogen and oxygen atoms in total. The first-order valence-electron chi connectivity index (χ1n) is 20.0. The van der Waals surface area contributed by atoms with E-state index in [1.54, 1.807) is 0 Å². The van der Waals surface area contributed by atoms with E-state index in [1.807, 2.05) is 22.7 Å². The van der Waals surface area contributed by atoms with E-state index in [-0.39, 0.29) is 5.41 Å². The molecule has 274 valence electrons. The van der Waals surface area contributed by atoms with Crippen LogP contribution >= 0.6 is 22.7 Å². The number of fused-ring (bicyclic) bond motifs is 11. The summed E-state index contributed by atoms with van der Waals surface area (Å²) in [5.41, 5.74) is 13.9. The highest BCUT2D eigenvalue weighted by Crippen LogP contribution is 2.53. The van der Waals surface area contributed by atoms with Crippen LogP contribution < -0.4 is 4.90 Å². The Morgan fingerprint density at radius 3 is 1.86 bits per heavy atom. The molecular formula is C55H37NS2. The second kappa shape index (κ2) is 12.7. The summed E-state index contributed by atoms with van der Waals surface area (Å²) in [6.45, 7) is 4.71. The first-order valence-corrected chi connectivity index (χ1v) is 21.6. The lowest BCUT2D eigenvalue weighted by molar-refractivity contribution is 0.660. The third-order valence-corrected chi connectivity index (χ3v) is 14.9. The fraction of sp³-hybridized carbons (Fsp3) is 0.0545. The topological polar surface area (TPSA) is 3.24 Å². The molecule has 9 aromatic carbocycles. The zero-order valence-corrected chi connectivity index (χ0v) is 33.8. The fourth-order valence-corrected chi connectivity index (χ4v) is 12.0. The molecular weight excluding hydrogens is 739 g/mol. The Bertz CT molecular complexity index is 3420. The van der Waals surface area contributed by atoms with Gasteiger partial charge in [-0.15, -0.1) is 22.7 Å². The Morgan fingerprint density at radius 1 is 0.397 bits per heavy atom. The van der Waals surface area contributed by atoms with Crippen LogP contribution in [0, 0.1) is 0 Å². The van der Waals surface area contributed by atoms with Gasteiger partial charge in [-0.3, -0.25) is 0 Å². The highest BCUT2D eigenvalue weighted by molar-refractivity contribution is 7.27. The largest absolute Gasteiger partial charge is 0.309 e. The van der Waals surface area contributed by atoms with Crippen LogP contribution in [0.3, 0.4) is 0 Å². The predicted molar refractivity (Wildman–Crippen MR) is 253 cm³/mol.